The highest BCUT2D eigenvalue weighted by Gasteiger charge is 2.24. The van der Waals surface area contributed by atoms with Gasteiger partial charge in [-0.25, -0.2) is 9.18 Å². The highest BCUT2D eigenvalue weighted by molar-refractivity contribution is 5.89. The van der Waals surface area contributed by atoms with Crippen molar-refractivity contribution in [3.05, 3.63) is 54.2 Å². The molecule has 6 nitrogen and oxygen atoms in total. The molecule has 1 saturated heterocycles. The van der Waals surface area contributed by atoms with Gasteiger partial charge in [-0.3, -0.25) is 4.79 Å². The predicted octanol–water partition coefficient (Wildman–Crippen LogP) is 3.76. The molecule has 1 aliphatic heterocycles. The van der Waals surface area contributed by atoms with Gasteiger partial charge in [0.05, 0.1) is 12.8 Å². The summed E-state index contributed by atoms with van der Waals surface area (Å²) in [4.78, 5) is 26.1. The van der Waals surface area contributed by atoms with Gasteiger partial charge in [0.2, 0.25) is 5.91 Å². The van der Waals surface area contributed by atoms with Crippen LogP contribution in [0.3, 0.4) is 0 Å². The highest BCUT2D eigenvalue weighted by Crippen LogP contribution is 2.22. The average molecular weight is 373 g/mol. The van der Waals surface area contributed by atoms with Crippen LogP contribution in [0.1, 0.15) is 31.4 Å². The van der Waals surface area contributed by atoms with Gasteiger partial charge in [0, 0.05) is 25.2 Å². The Balaban J connectivity index is 1.41. The number of hydrogen-bond acceptors (Lipinski definition) is 3. The van der Waals surface area contributed by atoms with Crippen LogP contribution >= 0.6 is 0 Å². The molecular weight excluding hydrogens is 349 g/mol. The number of nitrogens with one attached hydrogen (secondary N) is 2. The number of anilines is 1. The van der Waals surface area contributed by atoms with Crippen LogP contribution in [-0.2, 0) is 11.3 Å². The molecule has 2 heterocycles. The Morgan fingerprint density at radius 1 is 1.26 bits per heavy atom. The molecule has 144 valence electrons. The van der Waals surface area contributed by atoms with E-state index in [9.17, 15) is 14.0 Å². The van der Waals surface area contributed by atoms with Gasteiger partial charge in [0.25, 0.3) is 0 Å². The maximum absolute atomic E-state index is 13.2. The van der Waals surface area contributed by atoms with Crippen molar-refractivity contribution in [3.63, 3.8) is 0 Å². The number of halogens is 1. The minimum Gasteiger partial charge on any atom is -0.467 e. The van der Waals surface area contributed by atoms with Crippen LogP contribution < -0.4 is 10.6 Å². The maximum Gasteiger partial charge on any atom is 0.321 e. The zero-order valence-corrected chi connectivity index (χ0v) is 15.1. The number of urea groups is 1. The monoisotopic (exact) mass is 373 g/mol. The fraction of sp³-hybridized carbons (Fsp3) is 0.400. The lowest BCUT2D eigenvalue weighted by molar-refractivity contribution is -0.121. The van der Waals surface area contributed by atoms with Crippen LogP contribution in [0.15, 0.2) is 47.1 Å². The molecule has 3 rings (SSSR count). The summed E-state index contributed by atoms with van der Waals surface area (Å²) in [7, 11) is 0. The number of carbonyl (C=O) groups is 2. The van der Waals surface area contributed by atoms with E-state index in [1.807, 2.05) is 6.07 Å². The van der Waals surface area contributed by atoms with Crippen LogP contribution in [-0.4, -0.2) is 29.9 Å². The summed E-state index contributed by atoms with van der Waals surface area (Å²) in [5, 5.41) is 5.57. The summed E-state index contributed by atoms with van der Waals surface area (Å²) in [5.41, 5.74) is 0.444. The molecule has 0 aliphatic carbocycles. The maximum atomic E-state index is 13.2. The van der Waals surface area contributed by atoms with Crippen molar-refractivity contribution < 1.29 is 18.4 Å². The van der Waals surface area contributed by atoms with Gasteiger partial charge in [-0.2, -0.15) is 0 Å². The number of likely N-dealkylation sites (tertiary alicyclic amines) is 1. The van der Waals surface area contributed by atoms with E-state index in [0.717, 1.165) is 25.0 Å². The fourth-order valence-electron chi connectivity index (χ4n) is 3.28. The Labute approximate surface area is 157 Å². The topological polar surface area (TPSA) is 74.6 Å². The standard InChI is InChI=1S/C20H24FN3O3/c21-16-5-1-6-17(12-16)23-20(26)24-10-2-4-15(14-24)8-9-19(25)22-13-18-7-3-11-27-18/h1,3,5-7,11-12,15H,2,4,8-10,13-14H2,(H,22,25)(H,23,26). The number of rotatable bonds is 6. The van der Waals surface area contributed by atoms with Gasteiger partial charge < -0.3 is 20.0 Å². The number of benzene rings is 1. The largest absolute Gasteiger partial charge is 0.467 e. The van der Waals surface area contributed by atoms with E-state index >= 15 is 0 Å². The van der Waals surface area contributed by atoms with Crippen molar-refractivity contribution in [3.8, 4) is 0 Å². The first-order valence-corrected chi connectivity index (χ1v) is 9.21. The minimum atomic E-state index is -0.384. The van der Waals surface area contributed by atoms with E-state index in [1.54, 1.807) is 29.4 Å². The van der Waals surface area contributed by atoms with Gasteiger partial charge in [-0.05, 0) is 55.5 Å². The molecule has 2 aromatic rings. The zero-order chi connectivity index (χ0) is 19.1. The molecule has 1 aromatic carbocycles. The Morgan fingerprint density at radius 2 is 2.15 bits per heavy atom. The molecule has 27 heavy (non-hydrogen) atoms. The Morgan fingerprint density at radius 3 is 2.93 bits per heavy atom. The second-order valence-corrected chi connectivity index (χ2v) is 6.79. The number of carbonyl (C=O) groups excluding carboxylic acids is 2. The van der Waals surface area contributed by atoms with Crippen LogP contribution in [0.2, 0.25) is 0 Å². The summed E-state index contributed by atoms with van der Waals surface area (Å²) >= 11 is 0. The highest BCUT2D eigenvalue weighted by atomic mass is 19.1. The van der Waals surface area contributed by atoms with Gasteiger partial charge in [0.1, 0.15) is 11.6 Å². The number of amides is 3. The molecule has 0 saturated carbocycles. The van der Waals surface area contributed by atoms with Crippen molar-refractivity contribution in [2.45, 2.75) is 32.2 Å². The normalized spacial score (nSPS) is 16.8. The van der Waals surface area contributed by atoms with E-state index < -0.39 is 0 Å². The van der Waals surface area contributed by atoms with E-state index in [-0.39, 0.29) is 23.7 Å². The average Bonchev–Trinajstić information content (AvgIpc) is 3.18. The summed E-state index contributed by atoms with van der Waals surface area (Å²) < 4.78 is 18.4. The van der Waals surface area contributed by atoms with Gasteiger partial charge in [-0.15, -0.1) is 0 Å². The molecule has 1 fully saturated rings. The molecule has 3 amide bonds. The lowest BCUT2D eigenvalue weighted by Crippen LogP contribution is -2.42. The van der Waals surface area contributed by atoms with Crippen molar-refractivity contribution in [1.29, 1.82) is 0 Å². The molecule has 0 spiro atoms. The molecule has 0 radical (unpaired) electrons. The van der Waals surface area contributed by atoms with Gasteiger partial charge >= 0.3 is 6.03 Å². The Kier molecular flexibility index (Phi) is 6.46. The second kappa shape index (κ2) is 9.21. The van der Waals surface area contributed by atoms with Crippen LogP contribution in [0.25, 0.3) is 0 Å². The van der Waals surface area contributed by atoms with Crippen molar-refractivity contribution in [2.24, 2.45) is 5.92 Å². The number of piperidine rings is 1. The molecule has 1 aromatic heterocycles. The summed E-state index contributed by atoms with van der Waals surface area (Å²) in [6.07, 6.45) is 4.62. The molecule has 1 atom stereocenters. The Bertz CT molecular complexity index is 764. The number of nitrogens with zero attached hydrogens (tertiary/aromatic N) is 1. The molecule has 0 bridgehead atoms. The van der Waals surface area contributed by atoms with Crippen LogP contribution in [0.4, 0.5) is 14.9 Å². The summed E-state index contributed by atoms with van der Waals surface area (Å²) in [6, 6.07) is 9.22. The Hall–Kier alpha value is -2.83. The third-order valence-electron chi connectivity index (χ3n) is 4.70. The van der Waals surface area contributed by atoms with Crippen molar-refractivity contribution in [1.82, 2.24) is 10.2 Å². The summed E-state index contributed by atoms with van der Waals surface area (Å²) in [6.45, 7) is 1.66. The van der Waals surface area contributed by atoms with Gasteiger partial charge in [0.15, 0.2) is 0 Å². The van der Waals surface area contributed by atoms with E-state index in [2.05, 4.69) is 10.6 Å². The van der Waals surface area contributed by atoms with E-state index in [1.165, 1.54) is 12.1 Å². The lowest BCUT2D eigenvalue weighted by atomic mass is 9.93. The van der Waals surface area contributed by atoms with Crippen molar-refractivity contribution in [2.75, 3.05) is 18.4 Å². The molecule has 1 unspecified atom stereocenters. The molecule has 1 aliphatic rings. The van der Waals surface area contributed by atoms with Crippen LogP contribution in [0, 0.1) is 11.7 Å². The number of hydrogen-bond donors (Lipinski definition) is 2. The van der Waals surface area contributed by atoms with E-state index in [0.29, 0.717) is 31.7 Å². The second-order valence-electron chi connectivity index (χ2n) is 6.79. The van der Waals surface area contributed by atoms with Gasteiger partial charge in [-0.1, -0.05) is 6.07 Å². The lowest BCUT2D eigenvalue weighted by Gasteiger charge is -2.32. The molecule has 7 heteroatoms. The quantitative estimate of drug-likeness (QED) is 0.810. The SMILES string of the molecule is O=C(CCC1CCCN(C(=O)Nc2cccc(F)c2)C1)NCc1ccco1. The number of furan rings is 1. The smallest absolute Gasteiger partial charge is 0.321 e. The third kappa shape index (κ3) is 5.84. The summed E-state index contributed by atoms with van der Waals surface area (Å²) in [5.74, 6) is 0.602. The molecule has 2 N–H and O–H groups in total. The molecular formula is C20H24FN3O3. The first-order valence-electron chi connectivity index (χ1n) is 9.21. The predicted molar refractivity (Wildman–Crippen MR) is 99.5 cm³/mol. The fourth-order valence-corrected chi connectivity index (χ4v) is 3.28. The minimum absolute atomic E-state index is 0.0206. The van der Waals surface area contributed by atoms with Crippen LogP contribution in [0.5, 0.6) is 0 Å². The van der Waals surface area contributed by atoms with E-state index in [4.69, 9.17) is 4.42 Å². The zero-order valence-electron chi connectivity index (χ0n) is 15.1. The third-order valence-corrected chi connectivity index (χ3v) is 4.70. The van der Waals surface area contributed by atoms with Crippen molar-refractivity contribution >= 4 is 17.6 Å². The first kappa shape index (κ1) is 18.9. The first-order chi connectivity index (χ1) is 13.1.